The fourth-order valence-electron chi connectivity index (χ4n) is 8.07. The summed E-state index contributed by atoms with van der Waals surface area (Å²) >= 11 is 0. The summed E-state index contributed by atoms with van der Waals surface area (Å²) < 4.78 is 0. The van der Waals surface area contributed by atoms with Crippen molar-refractivity contribution in [3.8, 4) is 0 Å². The molecule has 0 heterocycles. The van der Waals surface area contributed by atoms with E-state index in [0.29, 0.717) is 6.54 Å². The summed E-state index contributed by atoms with van der Waals surface area (Å²) in [6, 6.07) is 1.57. The summed E-state index contributed by atoms with van der Waals surface area (Å²) in [5, 5.41) is 0. The fourth-order valence-corrected chi connectivity index (χ4v) is 8.07. The molecule has 0 aromatic rings. The second-order valence-corrected chi connectivity index (χ2v) is 12.7. The Balaban J connectivity index is 1.95. The van der Waals surface area contributed by atoms with Gasteiger partial charge in [0.05, 0.1) is 0 Å². The van der Waals surface area contributed by atoms with Crippen LogP contribution in [0.3, 0.4) is 0 Å². The predicted molar refractivity (Wildman–Crippen MR) is 154 cm³/mol. The molecule has 3 nitrogen and oxygen atoms in total. The lowest BCUT2D eigenvalue weighted by atomic mass is 9.74. The van der Waals surface area contributed by atoms with Gasteiger partial charge < -0.3 is 11.5 Å². The topological polar surface area (TPSA) is 55.3 Å². The van der Waals surface area contributed by atoms with Gasteiger partial charge in [0.1, 0.15) is 0 Å². The fraction of sp³-hybridized carbons (Fsp3) is 1.00. The van der Waals surface area contributed by atoms with Gasteiger partial charge in [-0.2, -0.15) is 0 Å². The molecule has 3 heteroatoms. The van der Waals surface area contributed by atoms with E-state index in [1.807, 2.05) is 0 Å². The van der Waals surface area contributed by atoms with Gasteiger partial charge in [-0.3, -0.25) is 4.90 Å². The van der Waals surface area contributed by atoms with Crippen LogP contribution in [0.15, 0.2) is 0 Å². The molecular weight excluding hydrogens is 426 g/mol. The third-order valence-electron chi connectivity index (χ3n) is 10.1. The van der Waals surface area contributed by atoms with E-state index in [1.54, 1.807) is 0 Å². The van der Waals surface area contributed by atoms with E-state index in [2.05, 4.69) is 4.90 Å². The first-order valence-electron chi connectivity index (χ1n) is 16.5. The quantitative estimate of drug-likeness (QED) is 0.406. The standard InChI is InChI=1S/C32H63N3/c33-28-31(34)32(26-20-14-8-3-9-15-21-27-32)35(29-22-16-10-4-1-5-11-17-23-29)30-24-18-12-6-2-7-13-19-25-30/h29-31H,1-28,33-34H2. The minimum atomic E-state index is 0.118. The molecule has 3 aliphatic carbocycles. The molecular formula is C32H63N3. The second kappa shape index (κ2) is 17.4. The highest BCUT2D eigenvalue weighted by molar-refractivity contribution is 5.04. The van der Waals surface area contributed by atoms with Crippen molar-refractivity contribution in [2.24, 2.45) is 11.5 Å². The lowest BCUT2D eigenvalue weighted by Crippen LogP contribution is -2.67. The smallest absolute Gasteiger partial charge is 0.0378 e. The van der Waals surface area contributed by atoms with Gasteiger partial charge in [-0.25, -0.2) is 0 Å². The highest BCUT2D eigenvalue weighted by Gasteiger charge is 2.46. The first-order valence-corrected chi connectivity index (χ1v) is 16.5. The summed E-state index contributed by atoms with van der Waals surface area (Å²) in [7, 11) is 0. The predicted octanol–water partition coefficient (Wildman–Crippen LogP) is 8.62. The van der Waals surface area contributed by atoms with Crippen LogP contribution in [-0.2, 0) is 0 Å². The van der Waals surface area contributed by atoms with Crippen LogP contribution >= 0.6 is 0 Å². The van der Waals surface area contributed by atoms with Crippen LogP contribution in [0.5, 0.6) is 0 Å². The van der Waals surface area contributed by atoms with E-state index in [-0.39, 0.29) is 11.6 Å². The molecule has 0 radical (unpaired) electrons. The van der Waals surface area contributed by atoms with Gasteiger partial charge in [0.15, 0.2) is 0 Å². The second-order valence-electron chi connectivity index (χ2n) is 12.7. The molecule has 3 rings (SSSR count). The minimum absolute atomic E-state index is 0.118. The molecule has 3 saturated carbocycles. The van der Waals surface area contributed by atoms with Gasteiger partial charge in [0, 0.05) is 30.2 Å². The van der Waals surface area contributed by atoms with Gasteiger partial charge in [0.25, 0.3) is 0 Å². The molecule has 0 aromatic heterocycles. The van der Waals surface area contributed by atoms with Crippen molar-refractivity contribution in [1.82, 2.24) is 4.90 Å². The molecule has 35 heavy (non-hydrogen) atoms. The van der Waals surface area contributed by atoms with Gasteiger partial charge >= 0.3 is 0 Å². The lowest BCUT2D eigenvalue weighted by Gasteiger charge is -2.55. The minimum Gasteiger partial charge on any atom is -0.329 e. The summed E-state index contributed by atoms with van der Waals surface area (Å²) in [5.41, 5.74) is 13.8. The largest absolute Gasteiger partial charge is 0.329 e. The number of rotatable bonds is 5. The zero-order valence-corrected chi connectivity index (χ0v) is 23.6. The Kier molecular flexibility index (Phi) is 14.6. The van der Waals surface area contributed by atoms with E-state index >= 15 is 0 Å². The zero-order chi connectivity index (χ0) is 24.6. The van der Waals surface area contributed by atoms with Crippen LogP contribution in [0.4, 0.5) is 0 Å². The first kappa shape index (κ1) is 29.4. The Hall–Kier alpha value is -0.120. The van der Waals surface area contributed by atoms with Crippen LogP contribution in [-0.4, -0.2) is 35.1 Å². The monoisotopic (exact) mass is 490 g/mol. The van der Waals surface area contributed by atoms with Crippen LogP contribution in [0, 0.1) is 0 Å². The van der Waals surface area contributed by atoms with Crippen molar-refractivity contribution in [2.75, 3.05) is 6.54 Å². The highest BCUT2D eigenvalue weighted by atomic mass is 15.3. The Morgan fingerprint density at radius 2 is 0.771 bits per heavy atom. The van der Waals surface area contributed by atoms with Crippen LogP contribution in [0.25, 0.3) is 0 Å². The SMILES string of the molecule is NCC(N)C1(N(C2CCCCCCCCC2)C2CCCCCCCCC2)CCCCCCCCC1. The summed E-state index contributed by atoms with van der Waals surface area (Å²) in [4.78, 5) is 3.18. The van der Waals surface area contributed by atoms with Crippen molar-refractivity contribution in [1.29, 1.82) is 0 Å². The molecule has 0 amide bonds. The van der Waals surface area contributed by atoms with E-state index in [1.165, 1.54) is 173 Å². The Bertz CT molecular complexity index is 465. The summed E-state index contributed by atoms with van der Waals surface area (Å²) in [6.45, 7) is 0.649. The number of hydrogen-bond donors (Lipinski definition) is 2. The van der Waals surface area contributed by atoms with Gasteiger partial charge in [0.2, 0.25) is 0 Å². The maximum Gasteiger partial charge on any atom is 0.0378 e. The normalized spacial score (nSPS) is 27.2. The first-order chi connectivity index (χ1) is 17.3. The number of hydrogen-bond acceptors (Lipinski definition) is 3. The molecule has 0 aromatic carbocycles. The van der Waals surface area contributed by atoms with E-state index in [9.17, 15) is 0 Å². The van der Waals surface area contributed by atoms with Crippen molar-refractivity contribution in [2.45, 2.75) is 197 Å². The molecule has 0 saturated heterocycles. The van der Waals surface area contributed by atoms with Crippen LogP contribution < -0.4 is 11.5 Å². The number of nitrogens with two attached hydrogens (primary N) is 2. The third kappa shape index (κ3) is 9.60. The summed E-state index contributed by atoms with van der Waals surface area (Å²) in [6.07, 6.45) is 38.1. The number of nitrogens with zero attached hydrogens (tertiary/aromatic N) is 1. The van der Waals surface area contributed by atoms with Crippen LogP contribution in [0.2, 0.25) is 0 Å². The molecule has 0 spiro atoms. The maximum atomic E-state index is 7.19. The van der Waals surface area contributed by atoms with Crippen molar-refractivity contribution >= 4 is 0 Å². The van der Waals surface area contributed by atoms with Gasteiger partial charge in [-0.15, -0.1) is 0 Å². The molecule has 4 N–H and O–H groups in total. The molecule has 3 fully saturated rings. The van der Waals surface area contributed by atoms with Crippen molar-refractivity contribution in [3.05, 3.63) is 0 Å². The van der Waals surface area contributed by atoms with E-state index in [0.717, 1.165) is 12.1 Å². The Morgan fingerprint density at radius 1 is 0.486 bits per heavy atom. The molecule has 1 atom stereocenters. The van der Waals surface area contributed by atoms with E-state index < -0.39 is 0 Å². The van der Waals surface area contributed by atoms with Gasteiger partial charge in [-0.1, -0.05) is 135 Å². The average molecular weight is 490 g/mol. The maximum absolute atomic E-state index is 7.19. The zero-order valence-electron chi connectivity index (χ0n) is 23.6. The summed E-state index contributed by atoms with van der Waals surface area (Å²) in [5.74, 6) is 0. The Labute approximate surface area is 219 Å². The van der Waals surface area contributed by atoms with Crippen molar-refractivity contribution < 1.29 is 0 Å². The Morgan fingerprint density at radius 3 is 1.09 bits per heavy atom. The molecule has 0 bridgehead atoms. The molecule has 3 aliphatic rings. The molecule has 206 valence electrons. The van der Waals surface area contributed by atoms with Crippen molar-refractivity contribution in [3.63, 3.8) is 0 Å². The lowest BCUT2D eigenvalue weighted by molar-refractivity contribution is -0.0446. The van der Waals surface area contributed by atoms with Crippen LogP contribution in [0.1, 0.15) is 173 Å². The average Bonchev–Trinajstić information content (AvgIpc) is 2.89. The molecule has 1 unspecified atom stereocenters. The van der Waals surface area contributed by atoms with E-state index in [4.69, 9.17) is 11.5 Å². The van der Waals surface area contributed by atoms with Gasteiger partial charge in [-0.05, 0) is 38.5 Å². The third-order valence-corrected chi connectivity index (χ3v) is 10.1. The highest BCUT2D eigenvalue weighted by Crippen LogP contribution is 2.41. The molecule has 0 aliphatic heterocycles.